The zero-order valence-electron chi connectivity index (χ0n) is 12.2. The molecule has 20 heavy (non-hydrogen) atoms. The molecule has 0 aromatic carbocycles. The highest BCUT2D eigenvalue weighted by molar-refractivity contribution is 6.02. The van der Waals surface area contributed by atoms with E-state index in [4.69, 9.17) is 0 Å². The van der Waals surface area contributed by atoms with Crippen LogP contribution in [0.3, 0.4) is 0 Å². The van der Waals surface area contributed by atoms with E-state index >= 15 is 0 Å². The molecule has 2 aromatic rings. The summed E-state index contributed by atoms with van der Waals surface area (Å²) in [5.74, 6) is 0.728. The molecule has 0 radical (unpaired) electrons. The van der Waals surface area contributed by atoms with Crippen LogP contribution in [0.1, 0.15) is 43.9 Å². The number of amides is 1. The molecule has 5 heteroatoms. The van der Waals surface area contributed by atoms with Crippen molar-refractivity contribution in [2.24, 2.45) is 5.41 Å². The first kappa shape index (κ1) is 13.1. The van der Waals surface area contributed by atoms with Gasteiger partial charge in [-0.15, -0.1) is 0 Å². The van der Waals surface area contributed by atoms with Crippen LogP contribution < -0.4 is 5.32 Å². The highest BCUT2D eigenvalue weighted by Crippen LogP contribution is 2.44. The van der Waals surface area contributed by atoms with Gasteiger partial charge in [0, 0.05) is 11.1 Å². The van der Waals surface area contributed by atoms with E-state index in [1.165, 1.54) is 6.33 Å². The van der Waals surface area contributed by atoms with Crippen LogP contribution in [0.2, 0.25) is 0 Å². The molecule has 106 valence electrons. The lowest BCUT2D eigenvalue weighted by Gasteiger charge is -2.39. The molecule has 1 fully saturated rings. The number of hydrogen-bond donors (Lipinski definition) is 2. The second-order valence-corrected chi connectivity index (χ2v) is 5.76. The molecule has 1 aliphatic carbocycles. The molecule has 0 saturated heterocycles. The van der Waals surface area contributed by atoms with E-state index in [-0.39, 0.29) is 11.3 Å². The number of rotatable bonds is 3. The molecule has 0 atom stereocenters. The fourth-order valence-corrected chi connectivity index (χ4v) is 2.97. The Morgan fingerprint density at radius 1 is 1.40 bits per heavy atom. The quantitative estimate of drug-likeness (QED) is 0.902. The Morgan fingerprint density at radius 2 is 2.15 bits per heavy atom. The zero-order chi connectivity index (χ0) is 14.3. The minimum absolute atomic E-state index is 0.101. The summed E-state index contributed by atoms with van der Waals surface area (Å²) in [7, 11) is 0. The summed E-state index contributed by atoms with van der Waals surface area (Å²) in [5, 5.41) is 3.94. The number of aromatic nitrogens is 3. The highest BCUT2D eigenvalue weighted by atomic mass is 16.2. The van der Waals surface area contributed by atoms with E-state index in [0.29, 0.717) is 5.82 Å². The molecule has 0 spiro atoms. The predicted molar refractivity (Wildman–Crippen MR) is 78.6 cm³/mol. The van der Waals surface area contributed by atoms with Gasteiger partial charge < -0.3 is 10.3 Å². The standard InChI is InChI=1S/C15H20N4O/c1-4-15(6-5-7-15)14(20)19-13-11-9(2)10(3)18-12(11)16-8-17-13/h8H,4-7H2,1-3H3,(H2,16,17,18,19,20). The molecule has 0 bridgehead atoms. The van der Waals surface area contributed by atoms with Gasteiger partial charge in [0.25, 0.3) is 0 Å². The first-order valence-electron chi connectivity index (χ1n) is 7.19. The van der Waals surface area contributed by atoms with Gasteiger partial charge in [-0.3, -0.25) is 4.79 Å². The van der Waals surface area contributed by atoms with E-state index in [1.807, 2.05) is 13.8 Å². The minimum Gasteiger partial charge on any atom is -0.343 e. The van der Waals surface area contributed by atoms with Crippen molar-refractivity contribution in [3.8, 4) is 0 Å². The summed E-state index contributed by atoms with van der Waals surface area (Å²) in [6, 6.07) is 0. The number of aryl methyl sites for hydroxylation is 2. The topological polar surface area (TPSA) is 70.7 Å². The van der Waals surface area contributed by atoms with Crippen LogP contribution in [-0.4, -0.2) is 20.9 Å². The maximum absolute atomic E-state index is 12.5. The third-order valence-electron chi connectivity index (χ3n) is 4.79. The maximum atomic E-state index is 12.5. The predicted octanol–water partition coefficient (Wildman–Crippen LogP) is 3.09. The third kappa shape index (κ3) is 1.80. The van der Waals surface area contributed by atoms with Gasteiger partial charge in [0.05, 0.1) is 5.39 Å². The summed E-state index contributed by atoms with van der Waals surface area (Å²) < 4.78 is 0. The van der Waals surface area contributed by atoms with E-state index in [2.05, 4.69) is 27.2 Å². The van der Waals surface area contributed by atoms with Crippen molar-refractivity contribution in [3.63, 3.8) is 0 Å². The Hall–Kier alpha value is -1.91. The third-order valence-corrected chi connectivity index (χ3v) is 4.79. The van der Waals surface area contributed by atoms with E-state index in [9.17, 15) is 4.79 Å². The maximum Gasteiger partial charge on any atom is 0.231 e. The van der Waals surface area contributed by atoms with Crippen LogP contribution in [0.4, 0.5) is 5.82 Å². The van der Waals surface area contributed by atoms with Gasteiger partial charge in [-0.05, 0) is 38.7 Å². The fourth-order valence-electron chi connectivity index (χ4n) is 2.97. The van der Waals surface area contributed by atoms with Crippen LogP contribution in [0.5, 0.6) is 0 Å². The Kier molecular flexibility index (Phi) is 3.00. The van der Waals surface area contributed by atoms with Crippen molar-refractivity contribution in [1.82, 2.24) is 15.0 Å². The summed E-state index contributed by atoms with van der Waals surface area (Å²) in [4.78, 5) is 24.2. The van der Waals surface area contributed by atoms with Crippen molar-refractivity contribution in [3.05, 3.63) is 17.6 Å². The average Bonchev–Trinajstić information content (AvgIpc) is 2.65. The Morgan fingerprint density at radius 3 is 2.75 bits per heavy atom. The highest BCUT2D eigenvalue weighted by Gasteiger charge is 2.42. The number of H-pyrrole nitrogens is 1. The number of hydrogen-bond acceptors (Lipinski definition) is 3. The van der Waals surface area contributed by atoms with Crippen molar-refractivity contribution >= 4 is 22.8 Å². The van der Waals surface area contributed by atoms with Gasteiger partial charge in [0.15, 0.2) is 0 Å². The number of nitrogens with one attached hydrogen (secondary N) is 2. The molecule has 0 unspecified atom stereocenters. The monoisotopic (exact) mass is 272 g/mol. The molecule has 2 heterocycles. The van der Waals surface area contributed by atoms with Crippen LogP contribution in [0.25, 0.3) is 11.0 Å². The first-order chi connectivity index (χ1) is 9.57. The number of anilines is 1. The SMILES string of the molecule is CCC1(C(=O)Nc2ncnc3[nH]c(C)c(C)c23)CCC1. The Bertz CT molecular complexity index is 664. The molecule has 3 rings (SSSR count). The van der Waals surface area contributed by atoms with Gasteiger partial charge in [0.1, 0.15) is 17.8 Å². The number of carbonyl (C=O) groups is 1. The van der Waals surface area contributed by atoms with Crippen LogP contribution >= 0.6 is 0 Å². The van der Waals surface area contributed by atoms with Crippen molar-refractivity contribution < 1.29 is 4.79 Å². The second-order valence-electron chi connectivity index (χ2n) is 5.76. The minimum atomic E-state index is -0.184. The average molecular weight is 272 g/mol. The summed E-state index contributed by atoms with van der Waals surface area (Å²) in [6.07, 6.45) is 5.48. The van der Waals surface area contributed by atoms with Gasteiger partial charge >= 0.3 is 0 Å². The zero-order valence-corrected chi connectivity index (χ0v) is 12.2. The Balaban J connectivity index is 1.97. The summed E-state index contributed by atoms with van der Waals surface area (Å²) >= 11 is 0. The van der Waals surface area contributed by atoms with Crippen molar-refractivity contribution in [2.45, 2.75) is 46.5 Å². The second kappa shape index (κ2) is 4.58. The normalized spacial score (nSPS) is 16.9. The smallest absolute Gasteiger partial charge is 0.231 e. The van der Waals surface area contributed by atoms with E-state index < -0.39 is 0 Å². The molecular formula is C15H20N4O. The molecule has 1 aliphatic rings. The molecular weight excluding hydrogens is 252 g/mol. The van der Waals surface area contributed by atoms with Gasteiger partial charge in [0.2, 0.25) is 5.91 Å². The van der Waals surface area contributed by atoms with E-state index in [0.717, 1.165) is 48.0 Å². The van der Waals surface area contributed by atoms with Crippen LogP contribution in [-0.2, 0) is 4.79 Å². The lowest BCUT2D eigenvalue weighted by Crippen LogP contribution is -2.41. The van der Waals surface area contributed by atoms with Gasteiger partial charge in [-0.1, -0.05) is 13.3 Å². The largest absolute Gasteiger partial charge is 0.343 e. The van der Waals surface area contributed by atoms with Gasteiger partial charge in [-0.2, -0.15) is 0 Å². The number of nitrogens with zero attached hydrogens (tertiary/aromatic N) is 2. The number of fused-ring (bicyclic) bond motifs is 1. The number of carbonyl (C=O) groups excluding carboxylic acids is 1. The first-order valence-corrected chi connectivity index (χ1v) is 7.19. The lowest BCUT2D eigenvalue weighted by atomic mass is 9.66. The number of aromatic amines is 1. The molecule has 2 N–H and O–H groups in total. The van der Waals surface area contributed by atoms with Crippen molar-refractivity contribution in [2.75, 3.05) is 5.32 Å². The molecule has 5 nitrogen and oxygen atoms in total. The molecule has 1 saturated carbocycles. The van der Waals surface area contributed by atoms with Crippen molar-refractivity contribution in [1.29, 1.82) is 0 Å². The Labute approximate surface area is 118 Å². The van der Waals surface area contributed by atoms with Gasteiger partial charge in [-0.25, -0.2) is 9.97 Å². The molecule has 1 amide bonds. The van der Waals surface area contributed by atoms with Crippen LogP contribution in [0, 0.1) is 19.3 Å². The van der Waals surface area contributed by atoms with E-state index in [1.54, 1.807) is 0 Å². The fraction of sp³-hybridized carbons (Fsp3) is 0.533. The summed E-state index contributed by atoms with van der Waals surface area (Å²) in [5.41, 5.74) is 2.75. The van der Waals surface area contributed by atoms with Crippen LogP contribution in [0.15, 0.2) is 6.33 Å². The lowest BCUT2D eigenvalue weighted by molar-refractivity contribution is -0.130. The molecule has 0 aliphatic heterocycles. The molecule has 2 aromatic heterocycles. The summed E-state index contributed by atoms with van der Waals surface area (Å²) in [6.45, 7) is 6.11.